The first kappa shape index (κ1) is 18.3. The molecule has 1 aliphatic heterocycles. The van der Waals surface area contributed by atoms with E-state index in [1.54, 1.807) is 0 Å². The Hall–Kier alpha value is -1.06. The van der Waals surface area contributed by atoms with Gasteiger partial charge in [0.15, 0.2) is 0 Å². The Kier molecular flexibility index (Phi) is 4.39. The average molecular weight is 363 g/mol. The van der Waals surface area contributed by atoms with Crippen LogP contribution in [0.15, 0.2) is 0 Å². The van der Waals surface area contributed by atoms with Gasteiger partial charge in [-0.05, 0) is 66.6 Å². The van der Waals surface area contributed by atoms with E-state index in [2.05, 4.69) is 20.8 Å². The van der Waals surface area contributed by atoms with Gasteiger partial charge in [-0.3, -0.25) is 9.59 Å². The summed E-state index contributed by atoms with van der Waals surface area (Å²) in [5.74, 6) is 2.32. The summed E-state index contributed by atoms with van der Waals surface area (Å²) >= 11 is 0. The van der Waals surface area contributed by atoms with E-state index in [-0.39, 0.29) is 17.9 Å². The van der Waals surface area contributed by atoms with Gasteiger partial charge < -0.3 is 9.47 Å². The number of fused-ring (bicyclic) bond motifs is 5. The van der Waals surface area contributed by atoms with Gasteiger partial charge in [-0.2, -0.15) is 0 Å². The third kappa shape index (κ3) is 2.70. The van der Waals surface area contributed by atoms with Crippen molar-refractivity contribution in [1.29, 1.82) is 0 Å². The predicted molar refractivity (Wildman–Crippen MR) is 98.1 cm³/mol. The Morgan fingerprint density at radius 1 is 1.23 bits per heavy atom. The van der Waals surface area contributed by atoms with Crippen molar-refractivity contribution in [3.05, 3.63) is 0 Å². The van der Waals surface area contributed by atoms with Crippen molar-refractivity contribution in [3.63, 3.8) is 0 Å². The van der Waals surface area contributed by atoms with Crippen molar-refractivity contribution >= 4 is 11.9 Å². The molecule has 4 fully saturated rings. The third-order valence-corrected chi connectivity index (χ3v) is 8.69. The van der Waals surface area contributed by atoms with Crippen molar-refractivity contribution < 1.29 is 19.1 Å². The molecule has 1 heterocycles. The van der Waals surface area contributed by atoms with Gasteiger partial charge in [-0.25, -0.2) is 0 Å². The SMILES string of the molecule is CC(=O)OC[C@H]1C[C@@H]2C(C)(C)CCC[C@@]2(C)[C@@H]2CC[C@@H]3C(=O)OC[C@@H]3[C@@H]12. The standard InChI is InChI=1S/C22H34O4/c1-13(23)25-11-14-10-18-21(2,3)8-5-9-22(18,4)17-7-6-15-16(19(14)17)12-26-20(15)24/h14-19H,5-12H2,1-4H3/t14-,15+,16+,17-,18-,19-,22+/m1/s1. The van der Waals surface area contributed by atoms with E-state index in [0.29, 0.717) is 53.6 Å². The summed E-state index contributed by atoms with van der Waals surface area (Å²) in [6.07, 6.45) is 7.12. The summed E-state index contributed by atoms with van der Waals surface area (Å²) in [6.45, 7) is 9.98. The van der Waals surface area contributed by atoms with Crippen LogP contribution < -0.4 is 0 Å². The predicted octanol–water partition coefficient (Wildman–Crippen LogP) is 4.22. The van der Waals surface area contributed by atoms with E-state index in [4.69, 9.17) is 9.47 Å². The molecular formula is C22H34O4. The smallest absolute Gasteiger partial charge is 0.309 e. The van der Waals surface area contributed by atoms with Gasteiger partial charge >= 0.3 is 11.9 Å². The molecule has 0 bridgehead atoms. The second-order valence-electron chi connectivity index (χ2n) is 10.4. The fraction of sp³-hybridized carbons (Fsp3) is 0.909. The molecule has 0 radical (unpaired) electrons. The highest BCUT2D eigenvalue weighted by molar-refractivity contribution is 5.75. The molecule has 0 N–H and O–H groups in total. The van der Waals surface area contributed by atoms with Crippen molar-refractivity contribution in [2.24, 2.45) is 46.3 Å². The lowest BCUT2D eigenvalue weighted by Gasteiger charge is -2.63. The van der Waals surface area contributed by atoms with Crippen LogP contribution in [0, 0.1) is 46.3 Å². The van der Waals surface area contributed by atoms with E-state index >= 15 is 0 Å². The van der Waals surface area contributed by atoms with Gasteiger partial charge in [0.05, 0.1) is 19.1 Å². The maximum atomic E-state index is 12.2. The molecule has 0 aromatic carbocycles. The van der Waals surface area contributed by atoms with Gasteiger partial charge in [0.1, 0.15) is 0 Å². The van der Waals surface area contributed by atoms with E-state index in [1.165, 1.54) is 26.2 Å². The van der Waals surface area contributed by atoms with Crippen LogP contribution in [0.25, 0.3) is 0 Å². The molecule has 4 heteroatoms. The van der Waals surface area contributed by atoms with Crippen LogP contribution in [-0.4, -0.2) is 25.2 Å². The maximum absolute atomic E-state index is 12.2. The number of esters is 2. The highest BCUT2D eigenvalue weighted by atomic mass is 16.5. The molecule has 0 spiro atoms. The van der Waals surface area contributed by atoms with Crippen LogP contribution >= 0.6 is 0 Å². The Bertz CT molecular complexity index is 597. The topological polar surface area (TPSA) is 52.6 Å². The van der Waals surface area contributed by atoms with Crippen molar-refractivity contribution in [2.75, 3.05) is 13.2 Å². The zero-order valence-electron chi connectivity index (χ0n) is 16.8. The summed E-state index contributed by atoms with van der Waals surface area (Å²) in [5, 5.41) is 0. The highest BCUT2D eigenvalue weighted by Crippen LogP contribution is 2.66. The molecule has 4 rings (SSSR count). The molecule has 0 aromatic heterocycles. The molecule has 1 saturated heterocycles. The minimum Gasteiger partial charge on any atom is -0.466 e. The first-order valence-corrected chi connectivity index (χ1v) is 10.5. The van der Waals surface area contributed by atoms with E-state index in [9.17, 15) is 9.59 Å². The summed E-state index contributed by atoms with van der Waals surface area (Å²) in [6, 6.07) is 0. The van der Waals surface area contributed by atoms with Gasteiger partial charge in [0, 0.05) is 12.8 Å². The van der Waals surface area contributed by atoms with Crippen molar-refractivity contribution in [3.8, 4) is 0 Å². The summed E-state index contributed by atoms with van der Waals surface area (Å²) in [5.41, 5.74) is 0.682. The lowest BCUT2D eigenvalue weighted by atomic mass is 9.41. The molecule has 146 valence electrons. The van der Waals surface area contributed by atoms with Crippen LogP contribution in [0.2, 0.25) is 0 Å². The Morgan fingerprint density at radius 3 is 2.73 bits per heavy atom. The summed E-state index contributed by atoms with van der Waals surface area (Å²) in [7, 11) is 0. The highest BCUT2D eigenvalue weighted by Gasteiger charge is 2.62. The minimum absolute atomic E-state index is 0.0101. The van der Waals surface area contributed by atoms with Crippen LogP contribution in [0.5, 0.6) is 0 Å². The van der Waals surface area contributed by atoms with Crippen molar-refractivity contribution in [2.45, 2.75) is 66.2 Å². The number of carbonyl (C=O) groups excluding carboxylic acids is 2. The number of cyclic esters (lactones) is 1. The number of ether oxygens (including phenoxy) is 2. The zero-order valence-corrected chi connectivity index (χ0v) is 16.8. The normalized spacial score (nSPS) is 46.5. The van der Waals surface area contributed by atoms with Crippen molar-refractivity contribution in [1.82, 2.24) is 0 Å². The first-order valence-electron chi connectivity index (χ1n) is 10.5. The van der Waals surface area contributed by atoms with Gasteiger partial charge in [0.25, 0.3) is 0 Å². The Morgan fingerprint density at radius 2 is 2.00 bits per heavy atom. The summed E-state index contributed by atoms with van der Waals surface area (Å²) < 4.78 is 11.0. The Labute approximate surface area is 157 Å². The van der Waals surface area contributed by atoms with Gasteiger partial charge in [-0.15, -0.1) is 0 Å². The molecule has 3 saturated carbocycles. The molecule has 4 nitrogen and oxygen atoms in total. The second-order valence-corrected chi connectivity index (χ2v) is 10.4. The fourth-order valence-electron chi connectivity index (χ4n) is 7.65. The number of hydrogen-bond acceptors (Lipinski definition) is 4. The molecule has 0 amide bonds. The van der Waals surface area contributed by atoms with Crippen LogP contribution in [-0.2, 0) is 19.1 Å². The van der Waals surface area contributed by atoms with Crippen LogP contribution in [0.4, 0.5) is 0 Å². The maximum Gasteiger partial charge on any atom is 0.309 e. The molecule has 0 unspecified atom stereocenters. The lowest BCUT2D eigenvalue weighted by Crippen LogP contribution is -2.58. The second kappa shape index (κ2) is 6.24. The van der Waals surface area contributed by atoms with E-state index in [1.807, 2.05) is 0 Å². The Balaban J connectivity index is 1.69. The third-order valence-electron chi connectivity index (χ3n) is 8.69. The molecule has 26 heavy (non-hydrogen) atoms. The van der Waals surface area contributed by atoms with Crippen LogP contribution in [0.3, 0.4) is 0 Å². The molecule has 0 aromatic rings. The average Bonchev–Trinajstić information content (AvgIpc) is 2.94. The first-order chi connectivity index (χ1) is 12.2. The number of rotatable bonds is 2. The minimum atomic E-state index is -0.191. The number of hydrogen-bond donors (Lipinski definition) is 0. The largest absolute Gasteiger partial charge is 0.466 e. The molecule has 4 aliphatic rings. The number of carbonyl (C=O) groups is 2. The quantitative estimate of drug-likeness (QED) is 0.690. The van der Waals surface area contributed by atoms with E-state index in [0.717, 1.165) is 19.3 Å². The zero-order chi connectivity index (χ0) is 18.7. The van der Waals surface area contributed by atoms with E-state index < -0.39 is 0 Å². The molecular weight excluding hydrogens is 328 g/mol. The van der Waals surface area contributed by atoms with Gasteiger partial charge in [-0.1, -0.05) is 27.2 Å². The van der Waals surface area contributed by atoms with Crippen LogP contribution in [0.1, 0.15) is 66.2 Å². The van der Waals surface area contributed by atoms with Gasteiger partial charge in [0.2, 0.25) is 0 Å². The molecule has 3 aliphatic carbocycles. The lowest BCUT2D eigenvalue weighted by molar-refractivity contribution is -0.170. The fourth-order valence-corrected chi connectivity index (χ4v) is 7.65. The molecule has 7 atom stereocenters. The monoisotopic (exact) mass is 362 g/mol. The summed E-state index contributed by atoms with van der Waals surface area (Å²) in [4.78, 5) is 23.7.